The molecule has 0 aromatic carbocycles. The molecule has 1 rings (SSSR count). The van der Waals surface area contributed by atoms with Gasteiger partial charge in [0.05, 0.1) is 0 Å². The Morgan fingerprint density at radius 2 is 1.91 bits per heavy atom. The summed E-state index contributed by atoms with van der Waals surface area (Å²) in [6, 6.07) is 0. The Morgan fingerprint density at radius 1 is 1.23 bits per heavy atom. The molecule has 1 aliphatic carbocycles. The Morgan fingerprint density at radius 3 is 2.50 bits per heavy atom. The van der Waals surface area contributed by atoms with Crippen LogP contribution < -0.4 is 0 Å². The molecule has 1 N–H and O–H groups in total. The van der Waals surface area contributed by atoms with E-state index in [0.29, 0.717) is 11.9 Å². The van der Waals surface area contributed by atoms with E-state index in [2.05, 4.69) is 32.9 Å². The van der Waals surface area contributed by atoms with Gasteiger partial charge in [-0.2, -0.15) is 0 Å². The SMILES string of the molecule is CC(C=CC1=C(C)CCCC1(C)C)=CC=CC(C)=C(O)C=O. The van der Waals surface area contributed by atoms with Gasteiger partial charge in [0, 0.05) is 0 Å². The van der Waals surface area contributed by atoms with E-state index in [0.717, 1.165) is 5.57 Å². The first-order chi connectivity index (χ1) is 10.3. The zero-order valence-corrected chi connectivity index (χ0v) is 14.4. The fourth-order valence-electron chi connectivity index (χ4n) is 2.80. The van der Waals surface area contributed by atoms with E-state index in [9.17, 15) is 9.90 Å². The lowest BCUT2D eigenvalue weighted by Gasteiger charge is -2.32. The molecule has 0 heterocycles. The number of aliphatic hydroxyl groups is 1. The predicted octanol–water partition coefficient (Wildman–Crippen LogP) is 5.60. The maximum absolute atomic E-state index is 10.4. The molecule has 0 saturated heterocycles. The molecule has 120 valence electrons. The van der Waals surface area contributed by atoms with Crippen LogP contribution in [0.2, 0.25) is 0 Å². The van der Waals surface area contributed by atoms with Crippen molar-refractivity contribution < 1.29 is 9.90 Å². The molecule has 0 unspecified atom stereocenters. The van der Waals surface area contributed by atoms with Crippen molar-refractivity contribution in [2.45, 2.75) is 53.9 Å². The minimum Gasteiger partial charge on any atom is -0.504 e. The average Bonchev–Trinajstić information content (AvgIpc) is 2.45. The van der Waals surface area contributed by atoms with E-state index < -0.39 is 0 Å². The number of carbonyl (C=O) groups is 1. The lowest BCUT2D eigenvalue weighted by molar-refractivity contribution is -0.107. The number of aliphatic hydroxyl groups excluding tert-OH is 1. The van der Waals surface area contributed by atoms with Gasteiger partial charge >= 0.3 is 0 Å². The molecule has 0 fully saturated rings. The summed E-state index contributed by atoms with van der Waals surface area (Å²) in [5.74, 6) is -0.220. The monoisotopic (exact) mass is 300 g/mol. The van der Waals surface area contributed by atoms with Crippen LogP contribution in [0, 0.1) is 5.41 Å². The van der Waals surface area contributed by atoms with Crippen LogP contribution >= 0.6 is 0 Å². The maximum atomic E-state index is 10.4. The second-order valence-corrected chi connectivity index (χ2v) is 6.72. The van der Waals surface area contributed by atoms with Crippen LogP contribution in [0.4, 0.5) is 0 Å². The zero-order valence-electron chi connectivity index (χ0n) is 14.4. The Hall–Kier alpha value is -1.83. The number of hydrogen-bond acceptors (Lipinski definition) is 2. The van der Waals surface area contributed by atoms with E-state index in [4.69, 9.17) is 0 Å². The van der Waals surface area contributed by atoms with Crippen molar-refractivity contribution in [1.82, 2.24) is 0 Å². The van der Waals surface area contributed by atoms with Gasteiger partial charge < -0.3 is 5.11 Å². The fraction of sp³-hybridized carbons (Fsp3) is 0.450. The highest BCUT2D eigenvalue weighted by Gasteiger charge is 2.26. The molecule has 0 atom stereocenters. The van der Waals surface area contributed by atoms with E-state index in [1.807, 2.05) is 19.1 Å². The van der Waals surface area contributed by atoms with Gasteiger partial charge in [0.2, 0.25) is 0 Å². The Labute approximate surface area is 134 Å². The highest BCUT2D eigenvalue weighted by molar-refractivity contribution is 5.71. The minimum absolute atomic E-state index is 0.220. The van der Waals surface area contributed by atoms with Crippen LogP contribution in [0.25, 0.3) is 0 Å². The van der Waals surface area contributed by atoms with Crippen LogP contribution in [0.5, 0.6) is 0 Å². The summed E-state index contributed by atoms with van der Waals surface area (Å²) < 4.78 is 0. The third-order valence-electron chi connectivity index (χ3n) is 4.28. The van der Waals surface area contributed by atoms with Gasteiger partial charge in [-0.1, -0.05) is 55.4 Å². The van der Waals surface area contributed by atoms with E-state index in [-0.39, 0.29) is 11.2 Å². The van der Waals surface area contributed by atoms with Gasteiger partial charge in [-0.05, 0) is 56.6 Å². The first kappa shape index (κ1) is 18.2. The third kappa shape index (κ3) is 5.18. The second-order valence-electron chi connectivity index (χ2n) is 6.72. The fourth-order valence-corrected chi connectivity index (χ4v) is 2.80. The molecule has 1 aliphatic rings. The third-order valence-corrected chi connectivity index (χ3v) is 4.28. The summed E-state index contributed by atoms with van der Waals surface area (Å²) in [6.07, 6.45) is 14.1. The Kier molecular flexibility index (Phi) is 6.61. The summed E-state index contributed by atoms with van der Waals surface area (Å²) in [5, 5.41) is 9.27. The number of allylic oxidation sites excluding steroid dienone is 10. The van der Waals surface area contributed by atoms with E-state index in [1.54, 1.807) is 13.0 Å². The topological polar surface area (TPSA) is 37.3 Å². The van der Waals surface area contributed by atoms with Crippen molar-refractivity contribution in [3.63, 3.8) is 0 Å². The average molecular weight is 300 g/mol. The van der Waals surface area contributed by atoms with Gasteiger partial charge in [0.25, 0.3) is 0 Å². The molecule has 22 heavy (non-hydrogen) atoms. The maximum Gasteiger partial charge on any atom is 0.184 e. The van der Waals surface area contributed by atoms with Crippen molar-refractivity contribution in [2.24, 2.45) is 5.41 Å². The van der Waals surface area contributed by atoms with Gasteiger partial charge in [-0.25, -0.2) is 0 Å². The number of carbonyl (C=O) groups excluding carboxylic acids is 1. The lowest BCUT2D eigenvalue weighted by atomic mass is 9.72. The van der Waals surface area contributed by atoms with E-state index >= 15 is 0 Å². The molecular weight excluding hydrogens is 272 g/mol. The van der Waals surface area contributed by atoms with Crippen LogP contribution in [0.3, 0.4) is 0 Å². The smallest absolute Gasteiger partial charge is 0.184 e. The molecule has 2 nitrogen and oxygen atoms in total. The predicted molar refractivity (Wildman–Crippen MR) is 93.8 cm³/mol. The summed E-state index contributed by atoms with van der Waals surface area (Å²) in [4.78, 5) is 10.4. The van der Waals surface area contributed by atoms with Crippen LogP contribution in [-0.2, 0) is 4.79 Å². The first-order valence-electron chi connectivity index (χ1n) is 7.86. The van der Waals surface area contributed by atoms with Crippen molar-refractivity contribution in [3.8, 4) is 0 Å². The number of hydrogen-bond donors (Lipinski definition) is 1. The molecule has 0 spiro atoms. The minimum atomic E-state index is -0.220. The molecule has 0 bridgehead atoms. The molecule has 0 amide bonds. The molecular formula is C20H28O2. The lowest BCUT2D eigenvalue weighted by Crippen LogP contribution is -2.19. The number of rotatable bonds is 5. The van der Waals surface area contributed by atoms with Crippen molar-refractivity contribution >= 4 is 6.29 Å². The van der Waals surface area contributed by atoms with E-state index in [1.165, 1.54) is 30.4 Å². The Bertz CT molecular complexity index is 567. The van der Waals surface area contributed by atoms with Gasteiger partial charge in [0.1, 0.15) is 0 Å². The summed E-state index contributed by atoms with van der Waals surface area (Å²) in [7, 11) is 0. The van der Waals surface area contributed by atoms with Crippen LogP contribution in [-0.4, -0.2) is 11.4 Å². The normalized spacial score (nSPS) is 20.7. The largest absolute Gasteiger partial charge is 0.504 e. The highest BCUT2D eigenvalue weighted by atomic mass is 16.3. The Balaban J connectivity index is 2.84. The number of aldehydes is 1. The molecule has 0 saturated carbocycles. The van der Waals surface area contributed by atoms with Crippen molar-refractivity contribution in [1.29, 1.82) is 0 Å². The molecule has 2 heteroatoms. The summed E-state index contributed by atoms with van der Waals surface area (Å²) >= 11 is 0. The highest BCUT2D eigenvalue weighted by Crippen LogP contribution is 2.40. The molecule has 0 aromatic rings. The van der Waals surface area contributed by atoms with Gasteiger partial charge in [-0.3, -0.25) is 4.79 Å². The first-order valence-corrected chi connectivity index (χ1v) is 7.86. The molecule has 0 radical (unpaired) electrons. The summed E-state index contributed by atoms with van der Waals surface area (Å²) in [5.41, 5.74) is 4.89. The quantitative estimate of drug-likeness (QED) is 0.310. The van der Waals surface area contributed by atoms with Crippen LogP contribution in [0.1, 0.15) is 53.9 Å². The second kappa shape index (κ2) is 7.98. The van der Waals surface area contributed by atoms with Crippen molar-refractivity contribution in [3.05, 3.63) is 58.4 Å². The van der Waals surface area contributed by atoms with Crippen molar-refractivity contribution in [2.75, 3.05) is 0 Å². The van der Waals surface area contributed by atoms with Crippen LogP contribution in [0.15, 0.2) is 58.4 Å². The zero-order chi connectivity index (χ0) is 16.8. The molecule has 0 aromatic heterocycles. The molecule has 0 aliphatic heterocycles. The van der Waals surface area contributed by atoms with Gasteiger partial charge in [-0.15, -0.1) is 0 Å². The van der Waals surface area contributed by atoms with Gasteiger partial charge in [0.15, 0.2) is 12.0 Å². The summed E-state index contributed by atoms with van der Waals surface area (Å²) in [6.45, 7) is 10.6. The standard InChI is InChI=1S/C20H28O2/c1-15(8-6-9-17(3)19(22)14-21)11-12-18-16(2)10-7-13-20(18,4)5/h6,8-9,11-12,14,22H,7,10,13H2,1-5H3.